The largest absolute Gasteiger partial charge is 0.389 e. The van der Waals surface area contributed by atoms with E-state index in [-0.39, 0.29) is 23.8 Å². The lowest BCUT2D eigenvalue weighted by molar-refractivity contribution is -0.384. The van der Waals surface area contributed by atoms with Gasteiger partial charge in [0.1, 0.15) is 17.6 Å². The summed E-state index contributed by atoms with van der Waals surface area (Å²) in [7, 11) is -2.78. The fraction of sp³-hybridized carbons (Fsp3) is 0.300. The molecule has 0 spiro atoms. The first-order valence-electron chi connectivity index (χ1n) is 9.84. The average molecular weight is 477 g/mol. The quantitative estimate of drug-likeness (QED) is 0.417. The molecule has 33 heavy (non-hydrogen) atoms. The molecule has 3 aromatic rings. The summed E-state index contributed by atoms with van der Waals surface area (Å²) in [5, 5.41) is 29.8. The van der Waals surface area contributed by atoms with Gasteiger partial charge in [-0.1, -0.05) is 17.3 Å². The number of ether oxygens (including phenoxy) is 1. The highest BCUT2D eigenvalue weighted by atomic mass is 32.2. The summed E-state index contributed by atoms with van der Waals surface area (Å²) in [6.45, 7) is 0.000859. The van der Waals surface area contributed by atoms with Crippen molar-refractivity contribution in [1.29, 1.82) is 0 Å². The third-order valence-corrected chi connectivity index (χ3v) is 7.42. The Hall–Kier alpha value is -3.26. The van der Waals surface area contributed by atoms with Gasteiger partial charge in [0.2, 0.25) is 10.0 Å². The number of non-ortho nitro benzene ring substituents is 1. The van der Waals surface area contributed by atoms with E-state index in [1.54, 1.807) is 6.07 Å². The minimum atomic E-state index is -4.08. The molecule has 0 amide bonds. The van der Waals surface area contributed by atoms with Crippen LogP contribution in [0.5, 0.6) is 0 Å². The highest BCUT2D eigenvalue weighted by Gasteiger charge is 2.41. The van der Waals surface area contributed by atoms with E-state index in [1.165, 1.54) is 36.1 Å². The highest BCUT2D eigenvalue weighted by molar-refractivity contribution is 7.89. The number of halogens is 1. The average Bonchev–Trinajstić information content (AvgIpc) is 3.29. The van der Waals surface area contributed by atoms with Crippen LogP contribution in [0.2, 0.25) is 0 Å². The smallest absolute Gasteiger partial charge is 0.269 e. The lowest BCUT2D eigenvalue weighted by Crippen LogP contribution is -2.54. The van der Waals surface area contributed by atoms with Gasteiger partial charge in [0, 0.05) is 24.7 Å². The third kappa shape index (κ3) is 4.48. The summed E-state index contributed by atoms with van der Waals surface area (Å²) in [5.74, 6) is -0.429. The summed E-state index contributed by atoms with van der Waals surface area (Å²) < 4.78 is 47.5. The fourth-order valence-electron chi connectivity index (χ4n) is 3.62. The number of nitrogens with zero attached hydrogens (tertiary/aromatic N) is 5. The van der Waals surface area contributed by atoms with E-state index >= 15 is 0 Å². The zero-order valence-corrected chi connectivity index (χ0v) is 18.2. The molecule has 1 fully saturated rings. The monoisotopic (exact) mass is 477 g/mol. The van der Waals surface area contributed by atoms with Crippen LogP contribution in [0.1, 0.15) is 6.04 Å². The Kier molecular flexibility index (Phi) is 6.21. The molecule has 1 N–H and O–H groups in total. The molecule has 4 rings (SSSR count). The van der Waals surface area contributed by atoms with Gasteiger partial charge >= 0.3 is 0 Å². The van der Waals surface area contributed by atoms with Gasteiger partial charge < -0.3 is 9.84 Å². The standard InChI is InChI=1S/C20H20FN5O6S/c1-24(33(30,31)16-7-5-15(6-8-16)26(28)29)18-11-32-12-19(20(18)27)25-10-17(22-23-25)13-3-2-4-14(21)9-13/h2-10,18-20,27H,11-12H2,1H3/t18-,19+,20+/m0/s1. The number of likely N-dealkylation sites (N-methyl/N-ethyl adjacent to an activating group) is 1. The van der Waals surface area contributed by atoms with Gasteiger partial charge in [-0.2, -0.15) is 4.31 Å². The zero-order valence-electron chi connectivity index (χ0n) is 17.4. The predicted molar refractivity (Wildman–Crippen MR) is 113 cm³/mol. The van der Waals surface area contributed by atoms with Gasteiger partial charge in [0.25, 0.3) is 5.69 Å². The van der Waals surface area contributed by atoms with Crippen LogP contribution in [-0.4, -0.2) is 70.2 Å². The molecule has 1 saturated heterocycles. The molecule has 0 saturated carbocycles. The molecule has 0 radical (unpaired) electrons. The minimum absolute atomic E-state index is 0.0637. The number of rotatable bonds is 6. The molecular formula is C20H20FN5O6S. The summed E-state index contributed by atoms with van der Waals surface area (Å²) in [6, 6.07) is 8.59. The van der Waals surface area contributed by atoms with Crippen LogP contribution in [-0.2, 0) is 14.8 Å². The van der Waals surface area contributed by atoms with Crippen molar-refractivity contribution in [2.75, 3.05) is 20.3 Å². The first-order valence-corrected chi connectivity index (χ1v) is 11.3. The molecule has 174 valence electrons. The van der Waals surface area contributed by atoms with Crippen molar-refractivity contribution in [3.05, 3.63) is 70.7 Å². The summed E-state index contributed by atoms with van der Waals surface area (Å²) in [5.41, 5.74) is 0.649. The molecule has 0 bridgehead atoms. The van der Waals surface area contributed by atoms with Gasteiger partial charge in [-0.15, -0.1) is 5.10 Å². The lowest BCUT2D eigenvalue weighted by Gasteiger charge is -2.38. The maximum Gasteiger partial charge on any atom is 0.269 e. The SMILES string of the molecule is CN([C@H]1COC[C@@H](n2cc(-c3cccc(F)c3)nn2)[C@@H]1O)S(=O)(=O)c1ccc([N+](=O)[O-])cc1. The number of hydrogen-bond donors (Lipinski definition) is 1. The van der Waals surface area contributed by atoms with E-state index in [0.717, 1.165) is 28.6 Å². The summed E-state index contributed by atoms with van der Waals surface area (Å²) in [6.07, 6.45) is 0.331. The fourth-order valence-corrected chi connectivity index (χ4v) is 4.97. The van der Waals surface area contributed by atoms with E-state index in [2.05, 4.69) is 10.3 Å². The number of nitro groups is 1. The second-order valence-corrected chi connectivity index (χ2v) is 9.53. The van der Waals surface area contributed by atoms with E-state index < -0.39 is 39.0 Å². The third-order valence-electron chi connectivity index (χ3n) is 5.53. The number of benzene rings is 2. The Labute approximate surface area is 188 Å². The molecule has 0 aliphatic carbocycles. The Morgan fingerprint density at radius 2 is 1.97 bits per heavy atom. The van der Waals surface area contributed by atoms with Crippen LogP contribution in [0.4, 0.5) is 10.1 Å². The number of aromatic nitrogens is 3. The second-order valence-electron chi connectivity index (χ2n) is 7.53. The number of sulfonamides is 1. The van der Waals surface area contributed by atoms with Crippen LogP contribution in [0.3, 0.4) is 0 Å². The Bertz CT molecular complexity index is 1270. The number of hydrogen-bond acceptors (Lipinski definition) is 8. The molecular weight excluding hydrogens is 457 g/mol. The molecule has 11 nitrogen and oxygen atoms in total. The Morgan fingerprint density at radius 3 is 2.64 bits per heavy atom. The van der Waals surface area contributed by atoms with E-state index in [4.69, 9.17) is 4.74 Å². The normalized spacial score (nSPS) is 21.3. The van der Waals surface area contributed by atoms with Crippen molar-refractivity contribution >= 4 is 15.7 Å². The molecule has 3 atom stereocenters. The highest BCUT2D eigenvalue weighted by Crippen LogP contribution is 2.28. The Morgan fingerprint density at radius 1 is 1.24 bits per heavy atom. The molecule has 1 aliphatic heterocycles. The molecule has 2 heterocycles. The van der Waals surface area contributed by atoms with Gasteiger partial charge in [-0.05, 0) is 24.3 Å². The van der Waals surface area contributed by atoms with Crippen molar-refractivity contribution in [1.82, 2.24) is 19.3 Å². The van der Waals surface area contributed by atoms with Gasteiger partial charge in [0.15, 0.2) is 0 Å². The number of nitro benzene ring substituents is 1. The number of aliphatic hydroxyl groups is 1. The van der Waals surface area contributed by atoms with Crippen molar-refractivity contribution < 1.29 is 27.6 Å². The van der Waals surface area contributed by atoms with Gasteiger partial charge in [-0.3, -0.25) is 10.1 Å². The number of aliphatic hydroxyl groups excluding tert-OH is 1. The molecule has 13 heteroatoms. The van der Waals surface area contributed by atoms with E-state index in [0.29, 0.717) is 11.3 Å². The zero-order chi connectivity index (χ0) is 23.8. The maximum atomic E-state index is 13.5. The van der Waals surface area contributed by atoms with Crippen molar-refractivity contribution in [3.63, 3.8) is 0 Å². The topological polar surface area (TPSA) is 141 Å². The Balaban J connectivity index is 1.56. The van der Waals surface area contributed by atoms with Crippen LogP contribution in [0.15, 0.2) is 59.6 Å². The van der Waals surface area contributed by atoms with E-state index in [1.807, 2.05) is 0 Å². The molecule has 0 unspecified atom stereocenters. The first-order chi connectivity index (χ1) is 15.7. The van der Waals surface area contributed by atoms with Crippen LogP contribution >= 0.6 is 0 Å². The van der Waals surface area contributed by atoms with Crippen LogP contribution in [0, 0.1) is 15.9 Å². The molecule has 1 aliphatic rings. The van der Waals surface area contributed by atoms with Crippen molar-refractivity contribution in [2.24, 2.45) is 0 Å². The van der Waals surface area contributed by atoms with Gasteiger partial charge in [-0.25, -0.2) is 17.5 Å². The van der Waals surface area contributed by atoms with Crippen LogP contribution in [0.25, 0.3) is 11.3 Å². The lowest BCUT2D eigenvalue weighted by atomic mass is 10.0. The molecule has 1 aromatic heterocycles. The first kappa shape index (κ1) is 22.9. The van der Waals surface area contributed by atoms with E-state index in [9.17, 15) is 28.0 Å². The van der Waals surface area contributed by atoms with Crippen molar-refractivity contribution in [3.8, 4) is 11.3 Å². The van der Waals surface area contributed by atoms with Gasteiger partial charge in [0.05, 0.1) is 41.4 Å². The summed E-state index contributed by atoms with van der Waals surface area (Å²) in [4.78, 5) is 10.1. The van der Waals surface area contributed by atoms with Crippen molar-refractivity contribution in [2.45, 2.75) is 23.1 Å². The maximum absolute atomic E-state index is 13.5. The van der Waals surface area contributed by atoms with Crippen LogP contribution < -0.4 is 0 Å². The predicted octanol–water partition coefficient (Wildman–Crippen LogP) is 1.61. The second kappa shape index (κ2) is 8.94. The summed E-state index contributed by atoms with van der Waals surface area (Å²) >= 11 is 0. The molecule has 2 aromatic carbocycles. The minimum Gasteiger partial charge on any atom is -0.389 e.